The lowest BCUT2D eigenvalue weighted by Crippen LogP contribution is -2.59. The van der Waals surface area contributed by atoms with Crippen molar-refractivity contribution in [2.75, 3.05) is 36.3 Å². The van der Waals surface area contributed by atoms with Gasteiger partial charge in [-0.2, -0.15) is 4.98 Å². The Hall–Kier alpha value is -2.20. The van der Waals surface area contributed by atoms with Crippen LogP contribution in [-0.2, 0) is 20.3 Å². The summed E-state index contributed by atoms with van der Waals surface area (Å²) in [4.78, 5) is 11.7. The van der Waals surface area contributed by atoms with Crippen LogP contribution >= 0.6 is 0 Å². The summed E-state index contributed by atoms with van der Waals surface area (Å²) in [5.74, 6) is 1.59. The molecule has 2 fully saturated rings. The van der Waals surface area contributed by atoms with Crippen LogP contribution in [0.25, 0.3) is 0 Å². The quantitative estimate of drug-likeness (QED) is 0.620. The average molecular weight is 407 g/mol. The van der Waals surface area contributed by atoms with Gasteiger partial charge in [0, 0.05) is 29.5 Å². The number of nitrogens with two attached hydrogens (primary N) is 1. The second-order valence-corrected chi connectivity index (χ2v) is 9.91. The number of morpholine rings is 1. The molecule has 28 heavy (non-hydrogen) atoms. The van der Waals surface area contributed by atoms with E-state index in [4.69, 9.17) is 25.6 Å². The number of allylic oxidation sites excluding steroid dienone is 1. The highest BCUT2D eigenvalue weighted by Crippen LogP contribution is 2.52. The van der Waals surface area contributed by atoms with Crippen LogP contribution in [0.2, 0.25) is 0 Å². The second-order valence-electron chi connectivity index (χ2n) is 7.98. The van der Waals surface area contributed by atoms with Gasteiger partial charge in [0.15, 0.2) is 11.6 Å². The summed E-state index contributed by atoms with van der Waals surface area (Å²) in [5.41, 5.74) is 6.48. The fraction of sp³-hybridized carbons (Fsp3) is 0.611. The van der Waals surface area contributed by atoms with E-state index in [1.165, 1.54) is 6.20 Å². The molecular formula is C18H26N6O3S. The zero-order valence-electron chi connectivity index (χ0n) is 16.3. The van der Waals surface area contributed by atoms with Gasteiger partial charge in [-0.25, -0.2) is 4.98 Å². The Balaban J connectivity index is 1.88. The number of hydrogen-bond donors (Lipinski definition) is 3. The molecule has 2 unspecified atom stereocenters. The molecule has 1 aromatic rings. The Morgan fingerprint density at radius 3 is 2.79 bits per heavy atom. The first-order valence-corrected chi connectivity index (χ1v) is 10.8. The summed E-state index contributed by atoms with van der Waals surface area (Å²) >= 11 is 0. The van der Waals surface area contributed by atoms with Crippen LogP contribution in [0, 0.1) is 5.41 Å². The maximum atomic E-state index is 12.5. The third kappa shape index (κ3) is 2.95. The molecule has 0 radical (unpaired) electrons. The smallest absolute Gasteiger partial charge is 0.229 e. The first-order valence-electron chi connectivity index (χ1n) is 9.28. The number of fused-ring (bicyclic) bond motifs is 4. The van der Waals surface area contributed by atoms with Gasteiger partial charge in [-0.1, -0.05) is 0 Å². The summed E-state index contributed by atoms with van der Waals surface area (Å²) < 4.78 is 23.7. The number of ether oxygens (including phenoxy) is 2. The Kier molecular flexibility index (Phi) is 4.58. The summed E-state index contributed by atoms with van der Waals surface area (Å²) in [7, 11) is -1.19. The molecule has 4 rings (SSSR count). The molecule has 1 aromatic heterocycles. The van der Waals surface area contributed by atoms with Gasteiger partial charge in [-0.05, 0) is 26.7 Å². The first kappa shape index (κ1) is 19.1. The van der Waals surface area contributed by atoms with Crippen molar-refractivity contribution in [1.29, 1.82) is 5.41 Å². The van der Waals surface area contributed by atoms with Crippen LogP contribution in [0.3, 0.4) is 0 Å². The second kappa shape index (κ2) is 6.70. The molecule has 2 atom stereocenters. The lowest BCUT2D eigenvalue weighted by molar-refractivity contribution is 0.0370. The van der Waals surface area contributed by atoms with Gasteiger partial charge in [-0.3, -0.25) is 4.21 Å². The van der Waals surface area contributed by atoms with Crippen molar-refractivity contribution in [3.05, 3.63) is 17.6 Å². The molecule has 1 saturated carbocycles. The van der Waals surface area contributed by atoms with E-state index in [9.17, 15) is 4.21 Å². The molecule has 10 heteroatoms. The minimum atomic E-state index is -1.19. The van der Waals surface area contributed by atoms with E-state index < -0.39 is 15.5 Å². The van der Waals surface area contributed by atoms with Crippen LogP contribution in [0.5, 0.6) is 5.75 Å². The molecule has 4 N–H and O–H groups in total. The predicted molar refractivity (Wildman–Crippen MR) is 108 cm³/mol. The molecule has 1 spiro atoms. The van der Waals surface area contributed by atoms with Crippen molar-refractivity contribution < 1.29 is 13.7 Å². The molecular weight excluding hydrogens is 380 g/mol. The Morgan fingerprint density at radius 2 is 2.18 bits per heavy atom. The number of aromatic nitrogens is 2. The monoisotopic (exact) mass is 406 g/mol. The normalized spacial score (nSPS) is 24.0. The summed E-state index contributed by atoms with van der Waals surface area (Å²) in [6.07, 6.45) is 6.13. The van der Waals surface area contributed by atoms with E-state index in [1.54, 1.807) is 6.26 Å². The van der Waals surface area contributed by atoms with Crippen molar-refractivity contribution in [1.82, 2.24) is 9.97 Å². The number of nitrogens with one attached hydrogen (secondary N) is 2. The fourth-order valence-corrected chi connectivity index (χ4v) is 4.15. The van der Waals surface area contributed by atoms with E-state index >= 15 is 0 Å². The number of nitrogens with zero attached hydrogens (tertiary/aromatic N) is 3. The third-order valence-electron chi connectivity index (χ3n) is 5.76. The Labute approximate surface area is 166 Å². The molecule has 2 aliphatic heterocycles. The molecule has 152 valence electrons. The number of rotatable bonds is 5. The molecule has 0 bridgehead atoms. The van der Waals surface area contributed by atoms with Crippen LogP contribution in [0.1, 0.15) is 32.4 Å². The van der Waals surface area contributed by atoms with Gasteiger partial charge >= 0.3 is 0 Å². The van der Waals surface area contributed by atoms with Crippen molar-refractivity contribution >= 4 is 28.8 Å². The van der Waals surface area contributed by atoms with Gasteiger partial charge < -0.3 is 30.8 Å². The van der Waals surface area contributed by atoms with Crippen LogP contribution < -0.4 is 20.7 Å². The molecule has 1 saturated heterocycles. The molecule has 3 heterocycles. The van der Waals surface area contributed by atoms with Crippen LogP contribution in [0.15, 0.2) is 11.9 Å². The summed E-state index contributed by atoms with van der Waals surface area (Å²) in [6, 6.07) is 0.0850. The minimum absolute atomic E-state index is 0.0477. The third-order valence-corrected chi connectivity index (χ3v) is 7.39. The Bertz CT molecular complexity index is 867. The summed E-state index contributed by atoms with van der Waals surface area (Å²) in [6.45, 7) is 5.50. The SMILES string of the molecule is CS(=O)C(C)(C)c1nc(NC(C=N)=CN)nc2c1OCC1COCC3(CC3)N21. The standard InChI is InChI=1S/C18H26N6O3S/c1-17(2,28(3)25)14-13-15(23-16(22-14)21-11(6-19)7-20)24-12(9-27-13)8-26-10-18(24)4-5-18/h6-7,12,19H,4-5,8-10,20H2,1-3H3,(H,21,22,23). The topological polar surface area (TPSA) is 126 Å². The zero-order valence-corrected chi connectivity index (χ0v) is 17.1. The maximum Gasteiger partial charge on any atom is 0.229 e. The average Bonchev–Trinajstić information content (AvgIpc) is 3.44. The highest BCUT2D eigenvalue weighted by atomic mass is 32.2. The zero-order chi connectivity index (χ0) is 20.1. The van der Waals surface area contributed by atoms with E-state index in [2.05, 4.69) is 15.2 Å². The van der Waals surface area contributed by atoms with Crippen molar-refractivity contribution in [2.24, 2.45) is 5.73 Å². The van der Waals surface area contributed by atoms with Crippen molar-refractivity contribution in [2.45, 2.75) is 43.0 Å². The van der Waals surface area contributed by atoms with Gasteiger partial charge in [0.2, 0.25) is 5.95 Å². The molecule has 3 aliphatic rings. The minimum Gasteiger partial charge on any atom is -0.486 e. The Morgan fingerprint density at radius 1 is 1.43 bits per heavy atom. The van der Waals surface area contributed by atoms with E-state index in [0.717, 1.165) is 19.1 Å². The van der Waals surface area contributed by atoms with Gasteiger partial charge in [-0.15, -0.1) is 0 Å². The van der Waals surface area contributed by atoms with Crippen molar-refractivity contribution in [3.63, 3.8) is 0 Å². The van der Waals surface area contributed by atoms with Gasteiger partial charge in [0.25, 0.3) is 0 Å². The van der Waals surface area contributed by atoms with Gasteiger partial charge in [0.1, 0.15) is 12.3 Å². The van der Waals surface area contributed by atoms with Gasteiger partial charge in [0.05, 0.1) is 35.2 Å². The highest BCUT2D eigenvalue weighted by Gasteiger charge is 2.56. The molecule has 0 amide bonds. The van der Waals surface area contributed by atoms with E-state index in [0.29, 0.717) is 48.7 Å². The van der Waals surface area contributed by atoms with Crippen LogP contribution in [-0.4, -0.2) is 58.0 Å². The van der Waals surface area contributed by atoms with E-state index in [-0.39, 0.29) is 11.6 Å². The fourth-order valence-electron chi connectivity index (χ4n) is 3.74. The largest absolute Gasteiger partial charge is 0.486 e. The number of hydrogen-bond acceptors (Lipinski definition) is 9. The molecule has 1 aliphatic carbocycles. The lowest BCUT2D eigenvalue weighted by Gasteiger charge is -2.47. The predicted octanol–water partition coefficient (Wildman–Crippen LogP) is 1.08. The van der Waals surface area contributed by atoms with E-state index in [1.807, 2.05) is 13.8 Å². The lowest BCUT2D eigenvalue weighted by atomic mass is 10.0. The summed E-state index contributed by atoms with van der Waals surface area (Å²) in [5, 5.41) is 10.5. The maximum absolute atomic E-state index is 12.5. The highest BCUT2D eigenvalue weighted by molar-refractivity contribution is 7.85. The number of anilines is 2. The molecule has 9 nitrogen and oxygen atoms in total. The van der Waals surface area contributed by atoms with Crippen LogP contribution in [0.4, 0.5) is 11.8 Å². The van der Waals surface area contributed by atoms with Crippen molar-refractivity contribution in [3.8, 4) is 5.75 Å². The molecule has 0 aromatic carbocycles. The first-order chi connectivity index (χ1) is 13.3.